The summed E-state index contributed by atoms with van der Waals surface area (Å²) >= 11 is 0. The molecule has 252 valence electrons. The fourth-order valence-corrected chi connectivity index (χ4v) is 4.14. The summed E-state index contributed by atoms with van der Waals surface area (Å²) in [5.74, 6) is -3.83. The maximum Gasteiger partial charge on any atom is 2.00 e. The number of para-hydroxylation sites is 4. The molecule has 0 amide bonds. The van der Waals surface area contributed by atoms with Gasteiger partial charge in [-0.2, -0.15) is 0 Å². The summed E-state index contributed by atoms with van der Waals surface area (Å²) < 4.78 is 6.03. The first-order chi connectivity index (χ1) is 17.0. The van der Waals surface area contributed by atoms with E-state index in [1.165, 1.54) is 18.3 Å². The molecule has 2 heterocycles. The summed E-state index contributed by atoms with van der Waals surface area (Å²) in [6, 6.07) is 14.0. The van der Waals surface area contributed by atoms with Crippen molar-refractivity contribution < 1.29 is 112 Å². The minimum Gasteiger partial charge on any atom is -0.546 e. The maximum atomic E-state index is 10.7. The number of aliphatic carboxylic acids is 4. The number of hydrogen-bond acceptors (Lipinski definition) is 8. The molecule has 0 aliphatic heterocycles. The van der Waals surface area contributed by atoms with Crippen LogP contribution >= 0.6 is 0 Å². The van der Waals surface area contributed by atoms with Gasteiger partial charge in [0.15, 0.2) is 22.1 Å². The van der Waals surface area contributed by atoms with Gasteiger partial charge in [0.05, 0.1) is 23.9 Å². The third-order valence-electron chi connectivity index (χ3n) is 5.64. The SMILES string of the molecule is Cc1n(CC(=O)[O-])c2ccccc2[n+]1CC(=O)[O-].Cc1n(CC(=O)[O-])c2ccccc2[n+]1CC(=O)[O-].O.O.O.O.[OH3+].[OH3+].[OH3+].[OH3+].[Zn+2]. The van der Waals surface area contributed by atoms with Gasteiger partial charge in [0.1, 0.15) is 26.2 Å². The largest absolute Gasteiger partial charge is 2.00 e. The predicted molar refractivity (Wildman–Crippen MR) is 148 cm³/mol. The molecule has 0 atom stereocenters. The van der Waals surface area contributed by atoms with Crippen molar-refractivity contribution in [1.29, 1.82) is 0 Å². The van der Waals surface area contributed by atoms with Crippen molar-refractivity contribution in [2.75, 3.05) is 0 Å². The summed E-state index contributed by atoms with van der Waals surface area (Å²) in [4.78, 5) is 42.9. The Labute approximate surface area is 267 Å². The number of aromatic nitrogens is 4. The van der Waals surface area contributed by atoms with E-state index in [0.29, 0.717) is 33.7 Å². The van der Waals surface area contributed by atoms with Crippen molar-refractivity contribution in [2.24, 2.45) is 0 Å². The van der Waals surface area contributed by atoms with Crippen molar-refractivity contribution in [2.45, 2.75) is 40.0 Å². The van der Waals surface area contributed by atoms with E-state index < -0.39 is 23.9 Å². The van der Waals surface area contributed by atoms with Crippen LogP contribution < -0.4 is 29.6 Å². The number of imidazole rings is 2. The van der Waals surface area contributed by atoms with Gasteiger partial charge in [-0.25, -0.2) is 18.3 Å². The Morgan fingerprint density at radius 1 is 0.556 bits per heavy atom. The van der Waals surface area contributed by atoms with Crippen molar-refractivity contribution in [3.8, 4) is 0 Å². The molecule has 21 heteroatoms. The summed E-state index contributed by atoms with van der Waals surface area (Å²) in [7, 11) is 0. The Bertz CT molecular complexity index is 1290. The molecular formula is C24H42N4O16Zn+4. The van der Waals surface area contributed by atoms with Crippen LogP contribution in [0.3, 0.4) is 0 Å². The molecule has 0 saturated carbocycles. The minimum atomic E-state index is -1.22. The second-order valence-electron chi connectivity index (χ2n) is 7.90. The van der Waals surface area contributed by atoms with Gasteiger partial charge in [0.2, 0.25) is 0 Å². The number of carboxylic acid groups (broad SMARTS) is 4. The molecule has 0 saturated heterocycles. The third-order valence-corrected chi connectivity index (χ3v) is 5.64. The van der Waals surface area contributed by atoms with Crippen LogP contribution in [0, 0.1) is 13.8 Å². The standard InChI is InChI=1S/2C12H12N2O4.8H2O.Zn/c2*1-8-13(6-11(15)16)9-4-2-3-5-10(9)14(8)7-12(17)18;;;;;;;;;/h2*2-5H,6-7H2,1H3,(H-,15,16,17,18);8*1H2;/q;;;;;;;;;;+2/p+2. The Balaban J connectivity index is -0.000000107. The molecule has 2 aromatic carbocycles. The summed E-state index contributed by atoms with van der Waals surface area (Å²) in [5.41, 5.74) is 2.61. The molecule has 0 bridgehead atoms. The Hall–Kier alpha value is -4.44. The number of nitrogens with zero attached hydrogens (tertiary/aromatic N) is 4. The second-order valence-corrected chi connectivity index (χ2v) is 7.90. The Morgan fingerprint density at radius 3 is 1.07 bits per heavy atom. The molecule has 4 aromatic rings. The van der Waals surface area contributed by atoms with Crippen LogP contribution in [0.2, 0.25) is 0 Å². The van der Waals surface area contributed by atoms with E-state index in [1.807, 2.05) is 0 Å². The van der Waals surface area contributed by atoms with E-state index in [9.17, 15) is 39.6 Å². The zero-order chi connectivity index (χ0) is 26.6. The van der Waals surface area contributed by atoms with E-state index in [-0.39, 0.29) is 89.5 Å². The molecule has 0 fully saturated rings. The monoisotopic (exact) mass is 706 g/mol. The molecule has 20 nitrogen and oxygen atoms in total. The number of hydrogen-bond donors (Lipinski definition) is 0. The van der Waals surface area contributed by atoms with Crippen molar-refractivity contribution in [1.82, 2.24) is 9.13 Å². The van der Waals surface area contributed by atoms with Crippen LogP contribution in [0.15, 0.2) is 48.5 Å². The molecule has 2 aromatic heterocycles. The number of rotatable bonds is 8. The fraction of sp³-hybridized carbons (Fsp3) is 0.250. The summed E-state index contributed by atoms with van der Waals surface area (Å²) in [6.07, 6.45) is 0. The van der Waals surface area contributed by atoms with Crippen LogP contribution in [0.5, 0.6) is 0 Å². The van der Waals surface area contributed by atoms with Gasteiger partial charge in [-0.1, -0.05) is 24.3 Å². The van der Waals surface area contributed by atoms with E-state index >= 15 is 0 Å². The molecule has 45 heavy (non-hydrogen) atoms. The van der Waals surface area contributed by atoms with Gasteiger partial charge < -0.3 is 83.4 Å². The first-order valence-electron chi connectivity index (χ1n) is 10.8. The van der Waals surface area contributed by atoms with E-state index in [1.54, 1.807) is 62.4 Å². The van der Waals surface area contributed by atoms with Gasteiger partial charge in [0.25, 0.3) is 11.6 Å². The van der Waals surface area contributed by atoms with E-state index in [2.05, 4.69) is 0 Å². The van der Waals surface area contributed by atoms with Gasteiger partial charge >= 0.3 is 19.5 Å². The van der Waals surface area contributed by atoms with Crippen LogP contribution in [-0.4, -0.2) is 54.9 Å². The van der Waals surface area contributed by atoms with E-state index in [0.717, 1.165) is 0 Å². The predicted octanol–water partition coefficient (Wildman–Crippen LogP) is -11.5. The second kappa shape index (κ2) is 24.0. The Kier molecular flexibility index (Phi) is 30.0. The smallest absolute Gasteiger partial charge is 0.546 e. The van der Waals surface area contributed by atoms with Crippen LogP contribution in [-0.2, 0) is 86.7 Å². The zero-order valence-electron chi connectivity index (χ0n) is 24.5. The summed E-state index contributed by atoms with van der Waals surface area (Å²) in [6.45, 7) is 2.06. The number of fused-ring (bicyclic) bond motifs is 2. The van der Waals surface area contributed by atoms with Crippen LogP contribution in [0.25, 0.3) is 22.1 Å². The van der Waals surface area contributed by atoms with Gasteiger partial charge in [-0.15, -0.1) is 0 Å². The first-order valence-corrected chi connectivity index (χ1v) is 10.8. The summed E-state index contributed by atoms with van der Waals surface area (Å²) in [5, 5.41) is 42.9. The molecule has 0 aliphatic carbocycles. The van der Waals surface area contributed by atoms with Crippen molar-refractivity contribution in [3.05, 3.63) is 60.2 Å². The number of carbonyl (C=O) groups is 4. The van der Waals surface area contributed by atoms with Gasteiger partial charge in [-0.05, 0) is 24.3 Å². The molecule has 0 aliphatic rings. The Morgan fingerprint density at radius 2 is 0.822 bits per heavy atom. The molecule has 20 N–H and O–H groups in total. The van der Waals surface area contributed by atoms with Crippen LogP contribution in [0.4, 0.5) is 0 Å². The first kappa shape index (κ1) is 56.4. The molecule has 4 rings (SSSR count). The average Bonchev–Trinajstić information content (AvgIpc) is 3.20. The minimum absolute atomic E-state index is 0. The topological polar surface area (TPSA) is 436 Å². The maximum absolute atomic E-state index is 10.7. The average molecular weight is 708 g/mol. The number of carbonyl (C=O) groups excluding carboxylic acids is 4. The van der Waals surface area contributed by atoms with Crippen molar-refractivity contribution in [3.63, 3.8) is 0 Å². The van der Waals surface area contributed by atoms with Gasteiger partial charge in [0, 0.05) is 13.8 Å². The number of benzene rings is 2. The fourth-order valence-electron chi connectivity index (χ4n) is 4.14. The van der Waals surface area contributed by atoms with Gasteiger partial charge in [-0.3, -0.25) is 0 Å². The van der Waals surface area contributed by atoms with Crippen molar-refractivity contribution >= 4 is 45.9 Å². The molecule has 0 spiro atoms. The molecule has 0 radical (unpaired) electrons. The van der Waals surface area contributed by atoms with E-state index in [4.69, 9.17) is 0 Å². The third kappa shape index (κ3) is 13.0. The number of carboxylic acids is 4. The molecule has 0 unspecified atom stereocenters. The quantitative estimate of drug-likeness (QED) is 0.0958. The molecular weight excluding hydrogens is 666 g/mol. The zero-order valence-corrected chi connectivity index (χ0v) is 27.5. The van der Waals surface area contributed by atoms with Crippen LogP contribution in [0.1, 0.15) is 11.6 Å². The normalized spacial score (nSPS) is 8.58.